The van der Waals surface area contributed by atoms with Gasteiger partial charge in [-0.15, -0.1) is 0 Å². The Bertz CT molecular complexity index is 168. The van der Waals surface area contributed by atoms with Crippen LogP contribution in [0.3, 0.4) is 0 Å². The smallest absolute Gasteiger partial charge is 0.00721 e. The van der Waals surface area contributed by atoms with Crippen LogP contribution in [0.1, 0.15) is 52.4 Å². The summed E-state index contributed by atoms with van der Waals surface area (Å²) in [5.41, 5.74) is 0.579. The average Bonchev–Trinajstić information content (AvgIpc) is 2.16. The van der Waals surface area contributed by atoms with Gasteiger partial charge in [-0.05, 0) is 56.1 Å². The molecule has 0 amide bonds. The molecule has 90 valence electrons. The van der Waals surface area contributed by atoms with Crippen LogP contribution in [0.15, 0.2) is 0 Å². The molecule has 0 saturated heterocycles. The molecule has 0 aromatic carbocycles. The number of hydrogen-bond donors (Lipinski definition) is 1. The number of thioether (sulfide) groups is 1. The standard InChI is InChI=1S/C13H27NS/c1-13(2)8-6-7-12(11-13)14-9-4-5-10-15-3/h12,14H,4-11H2,1-3H3. The summed E-state index contributed by atoms with van der Waals surface area (Å²) in [4.78, 5) is 0. The molecular weight excluding hydrogens is 202 g/mol. The van der Waals surface area contributed by atoms with Crippen LogP contribution in [-0.4, -0.2) is 24.6 Å². The lowest BCUT2D eigenvalue weighted by Crippen LogP contribution is -2.37. The summed E-state index contributed by atoms with van der Waals surface area (Å²) in [6.45, 7) is 6.05. The second-order valence-electron chi connectivity index (χ2n) is 5.61. The summed E-state index contributed by atoms with van der Waals surface area (Å²) in [6, 6.07) is 0.794. The summed E-state index contributed by atoms with van der Waals surface area (Å²) >= 11 is 1.96. The van der Waals surface area contributed by atoms with Gasteiger partial charge >= 0.3 is 0 Å². The topological polar surface area (TPSA) is 12.0 Å². The molecule has 1 nitrogen and oxygen atoms in total. The third-order valence-electron chi connectivity index (χ3n) is 3.41. The van der Waals surface area contributed by atoms with E-state index in [1.807, 2.05) is 11.8 Å². The summed E-state index contributed by atoms with van der Waals surface area (Å²) < 4.78 is 0. The van der Waals surface area contributed by atoms with E-state index in [0.29, 0.717) is 5.41 Å². The van der Waals surface area contributed by atoms with E-state index in [1.54, 1.807) is 0 Å². The zero-order valence-corrected chi connectivity index (χ0v) is 11.5. The Morgan fingerprint density at radius 2 is 2.13 bits per heavy atom. The van der Waals surface area contributed by atoms with Crippen molar-refractivity contribution in [1.29, 1.82) is 0 Å². The number of unbranched alkanes of at least 4 members (excludes halogenated alkanes) is 1. The lowest BCUT2D eigenvalue weighted by molar-refractivity contribution is 0.198. The molecule has 0 spiro atoms. The zero-order chi connectivity index (χ0) is 11.1. The Kier molecular flexibility index (Phi) is 6.06. The fourth-order valence-electron chi connectivity index (χ4n) is 2.55. The molecule has 2 heteroatoms. The van der Waals surface area contributed by atoms with Gasteiger partial charge in [0.25, 0.3) is 0 Å². The van der Waals surface area contributed by atoms with Crippen molar-refractivity contribution in [3.05, 3.63) is 0 Å². The summed E-state index contributed by atoms with van der Waals surface area (Å²) in [7, 11) is 0. The molecule has 1 fully saturated rings. The molecule has 0 radical (unpaired) electrons. The Balaban J connectivity index is 2.05. The molecule has 1 saturated carbocycles. The minimum Gasteiger partial charge on any atom is -0.314 e. The van der Waals surface area contributed by atoms with Gasteiger partial charge in [0.05, 0.1) is 0 Å². The Labute approximate surface area is 99.8 Å². The Hall–Kier alpha value is 0.310. The zero-order valence-electron chi connectivity index (χ0n) is 10.6. The largest absolute Gasteiger partial charge is 0.314 e. The molecule has 1 atom stereocenters. The lowest BCUT2D eigenvalue weighted by atomic mass is 9.75. The van der Waals surface area contributed by atoms with Crippen LogP contribution in [0.4, 0.5) is 0 Å². The highest BCUT2D eigenvalue weighted by molar-refractivity contribution is 7.98. The van der Waals surface area contributed by atoms with Crippen molar-refractivity contribution in [1.82, 2.24) is 5.32 Å². The molecule has 0 aromatic rings. The Morgan fingerprint density at radius 3 is 2.80 bits per heavy atom. The van der Waals surface area contributed by atoms with Crippen molar-refractivity contribution in [2.75, 3.05) is 18.6 Å². The average molecular weight is 229 g/mol. The first kappa shape index (κ1) is 13.4. The van der Waals surface area contributed by atoms with Gasteiger partial charge in [-0.3, -0.25) is 0 Å². The second-order valence-corrected chi connectivity index (χ2v) is 6.60. The van der Waals surface area contributed by atoms with Crippen LogP contribution in [-0.2, 0) is 0 Å². The van der Waals surface area contributed by atoms with E-state index in [1.165, 1.54) is 50.8 Å². The molecule has 1 aliphatic rings. The van der Waals surface area contributed by atoms with Crippen LogP contribution in [0.2, 0.25) is 0 Å². The van der Waals surface area contributed by atoms with Crippen molar-refractivity contribution in [3.63, 3.8) is 0 Å². The summed E-state index contributed by atoms with van der Waals surface area (Å²) in [5, 5.41) is 3.73. The van der Waals surface area contributed by atoms with Crippen molar-refractivity contribution < 1.29 is 0 Å². The predicted molar refractivity (Wildman–Crippen MR) is 71.7 cm³/mol. The minimum absolute atomic E-state index is 0.579. The van der Waals surface area contributed by atoms with E-state index < -0.39 is 0 Å². The SMILES string of the molecule is CSCCCCNC1CCCC(C)(C)C1. The minimum atomic E-state index is 0.579. The van der Waals surface area contributed by atoms with E-state index in [0.717, 1.165) is 6.04 Å². The van der Waals surface area contributed by atoms with Crippen LogP contribution < -0.4 is 5.32 Å². The maximum Gasteiger partial charge on any atom is 0.00721 e. The molecule has 15 heavy (non-hydrogen) atoms. The van der Waals surface area contributed by atoms with E-state index >= 15 is 0 Å². The van der Waals surface area contributed by atoms with E-state index in [-0.39, 0.29) is 0 Å². The maximum absolute atomic E-state index is 3.73. The molecule has 0 aliphatic heterocycles. The van der Waals surface area contributed by atoms with Crippen LogP contribution in [0.5, 0.6) is 0 Å². The summed E-state index contributed by atoms with van der Waals surface area (Å²) in [6.07, 6.45) is 10.5. The van der Waals surface area contributed by atoms with Gasteiger partial charge in [0.15, 0.2) is 0 Å². The molecule has 1 rings (SSSR count). The molecule has 0 heterocycles. The molecule has 0 bridgehead atoms. The van der Waals surface area contributed by atoms with E-state index in [2.05, 4.69) is 25.4 Å². The normalized spacial score (nSPS) is 25.4. The lowest BCUT2D eigenvalue weighted by Gasteiger charge is -2.35. The third kappa shape index (κ3) is 5.82. The van der Waals surface area contributed by atoms with Gasteiger partial charge in [-0.1, -0.05) is 20.3 Å². The predicted octanol–water partition coefficient (Wildman–Crippen LogP) is 3.69. The quantitative estimate of drug-likeness (QED) is 0.697. The van der Waals surface area contributed by atoms with E-state index in [4.69, 9.17) is 0 Å². The highest BCUT2D eigenvalue weighted by Crippen LogP contribution is 2.34. The van der Waals surface area contributed by atoms with Crippen molar-refractivity contribution in [2.45, 2.75) is 58.4 Å². The van der Waals surface area contributed by atoms with Gasteiger partial charge in [-0.2, -0.15) is 11.8 Å². The van der Waals surface area contributed by atoms with Crippen molar-refractivity contribution in [3.8, 4) is 0 Å². The van der Waals surface area contributed by atoms with Gasteiger partial charge in [0.2, 0.25) is 0 Å². The van der Waals surface area contributed by atoms with Gasteiger partial charge < -0.3 is 5.32 Å². The van der Waals surface area contributed by atoms with Crippen molar-refractivity contribution in [2.24, 2.45) is 5.41 Å². The van der Waals surface area contributed by atoms with Gasteiger partial charge in [-0.25, -0.2) is 0 Å². The monoisotopic (exact) mass is 229 g/mol. The fourth-order valence-corrected chi connectivity index (χ4v) is 3.04. The number of nitrogens with one attached hydrogen (secondary N) is 1. The highest BCUT2D eigenvalue weighted by atomic mass is 32.2. The first-order valence-electron chi connectivity index (χ1n) is 6.36. The maximum atomic E-state index is 3.73. The van der Waals surface area contributed by atoms with Gasteiger partial charge in [0.1, 0.15) is 0 Å². The molecule has 0 aromatic heterocycles. The number of hydrogen-bond acceptors (Lipinski definition) is 2. The first-order valence-corrected chi connectivity index (χ1v) is 7.76. The van der Waals surface area contributed by atoms with Crippen LogP contribution in [0, 0.1) is 5.41 Å². The van der Waals surface area contributed by atoms with Crippen molar-refractivity contribution >= 4 is 11.8 Å². The van der Waals surface area contributed by atoms with Gasteiger partial charge in [0, 0.05) is 6.04 Å². The second kappa shape index (κ2) is 6.80. The molecule has 1 unspecified atom stereocenters. The first-order chi connectivity index (χ1) is 7.14. The molecule has 1 N–H and O–H groups in total. The Morgan fingerprint density at radius 1 is 1.33 bits per heavy atom. The molecular formula is C13H27NS. The molecule has 1 aliphatic carbocycles. The summed E-state index contributed by atoms with van der Waals surface area (Å²) in [5.74, 6) is 1.32. The van der Waals surface area contributed by atoms with Crippen LogP contribution >= 0.6 is 11.8 Å². The number of rotatable bonds is 6. The highest BCUT2D eigenvalue weighted by Gasteiger charge is 2.27. The fraction of sp³-hybridized carbons (Fsp3) is 1.00. The van der Waals surface area contributed by atoms with E-state index in [9.17, 15) is 0 Å². The van der Waals surface area contributed by atoms with Crippen LogP contribution in [0.25, 0.3) is 0 Å². The third-order valence-corrected chi connectivity index (χ3v) is 4.11.